The van der Waals surface area contributed by atoms with Crippen molar-refractivity contribution in [3.8, 4) is 0 Å². The van der Waals surface area contributed by atoms with E-state index in [2.05, 4.69) is 21.2 Å². The first-order valence-electron chi connectivity index (χ1n) is 6.01. The van der Waals surface area contributed by atoms with Gasteiger partial charge in [-0.05, 0) is 37.1 Å². The molecule has 2 amide bonds. The molecule has 1 aromatic carbocycles. The van der Waals surface area contributed by atoms with Crippen LogP contribution in [0, 0.1) is 5.82 Å². The standard InChI is InChI=1S/C13H18BrFN2O2/c1-9(18)5-6-17(2)13(19)16-8-10-7-11(15)3-4-12(10)14/h3-4,7,9,18H,5-6,8H2,1-2H3,(H,16,19). The van der Waals surface area contributed by atoms with E-state index >= 15 is 0 Å². The maximum absolute atomic E-state index is 13.1. The van der Waals surface area contributed by atoms with E-state index in [1.54, 1.807) is 20.0 Å². The maximum atomic E-state index is 13.1. The SMILES string of the molecule is CC(O)CCN(C)C(=O)NCc1cc(F)ccc1Br. The maximum Gasteiger partial charge on any atom is 0.317 e. The summed E-state index contributed by atoms with van der Waals surface area (Å²) in [5.41, 5.74) is 0.678. The Hall–Kier alpha value is -1.14. The van der Waals surface area contributed by atoms with Crippen LogP contribution in [0.1, 0.15) is 18.9 Å². The van der Waals surface area contributed by atoms with E-state index in [-0.39, 0.29) is 18.4 Å². The zero-order valence-electron chi connectivity index (χ0n) is 11.0. The fraction of sp³-hybridized carbons (Fsp3) is 0.462. The number of benzene rings is 1. The molecule has 6 heteroatoms. The van der Waals surface area contributed by atoms with Crippen molar-refractivity contribution >= 4 is 22.0 Å². The lowest BCUT2D eigenvalue weighted by Crippen LogP contribution is -2.38. The number of halogens is 2. The van der Waals surface area contributed by atoms with E-state index in [1.807, 2.05) is 0 Å². The van der Waals surface area contributed by atoms with Gasteiger partial charge in [-0.3, -0.25) is 0 Å². The van der Waals surface area contributed by atoms with Crippen LogP contribution >= 0.6 is 15.9 Å². The fourth-order valence-electron chi connectivity index (χ4n) is 1.47. The van der Waals surface area contributed by atoms with Crippen molar-refractivity contribution in [1.29, 1.82) is 0 Å². The van der Waals surface area contributed by atoms with Gasteiger partial charge in [-0.2, -0.15) is 0 Å². The molecule has 106 valence electrons. The van der Waals surface area contributed by atoms with Crippen LogP contribution in [0.25, 0.3) is 0 Å². The highest BCUT2D eigenvalue weighted by atomic mass is 79.9. The summed E-state index contributed by atoms with van der Waals surface area (Å²) in [6.45, 7) is 2.39. The zero-order chi connectivity index (χ0) is 14.4. The van der Waals surface area contributed by atoms with Crippen LogP contribution in [0.5, 0.6) is 0 Å². The van der Waals surface area contributed by atoms with Crippen LogP contribution in [0.3, 0.4) is 0 Å². The lowest BCUT2D eigenvalue weighted by Gasteiger charge is -2.19. The lowest BCUT2D eigenvalue weighted by molar-refractivity contribution is 0.163. The third kappa shape index (κ3) is 5.57. The van der Waals surface area contributed by atoms with Gasteiger partial charge >= 0.3 is 6.03 Å². The molecule has 0 spiro atoms. The molecule has 0 heterocycles. The minimum Gasteiger partial charge on any atom is -0.393 e. The Morgan fingerprint density at radius 1 is 1.58 bits per heavy atom. The normalized spacial score (nSPS) is 12.1. The Kier molecular flexibility index (Phi) is 6.24. The number of aliphatic hydroxyl groups excluding tert-OH is 1. The molecule has 0 aromatic heterocycles. The molecule has 0 saturated heterocycles. The van der Waals surface area contributed by atoms with Crippen LogP contribution in [0.4, 0.5) is 9.18 Å². The number of hydrogen-bond donors (Lipinski definition) is 2. The van der Waals surface area contributed by atoms with Gasteiger partial charge < -0.3 is 15.3 Å². The predicted octanol–water partition coefficient (Wildman–Crippen LogP) is 2.50. The minimum absolute atomic E-state index is 0.246. The number of aliphatic hydroxyl groups is 1. The Morgan fingerprint density at radius 3 is 2.89 bits per heavy atom. The summed E-state index contributed by atoms with van der Waals surface area (Å²) < 4.78 is 13.8. The number of hydrogen-bond acceptors (Lipinski definition) is 2. The number of carbonyl (C=O) groups is 1. The molecule has 0 radical (unpaired) electrons. The molecule has 0 fully saturated rings. The molecule has 0 aliphatic carbocycles. The lowest BCUT2D eigenvalue weighted by atomic mass is 10.2. The Balaban J connectivity index is 2.47. The van der Waals surface area contributed by atoms with Crippen molar-refractivity contribution in [2.45, 2.75) is 26.0 Å². The Morgan fingerprint density at radius 2 is 2.26 bits per heavy atom. The monoisotopic (exact) mass is 332 g/mol. The predicted molar refractivity (Wildman–Crippen MR) is 75.3 cm³/mol. The molecule has 1 atom stereocenters. The second-order valence-electron chi connectivity index (χ2n) is 4.45. The quantitative estimate of drug-likeness (QED) is 0.870. The van der Waals surface area contributed by atoms with E-state index < -0.39 is 6.10 Å². The highest BCUT2D eigenvalue weighted by Crippen LogP contribution is 2.17. The molecule has 0 aliphatic rings. The van der Waals surface area contributed by atoms with Crippen molar-refractivity contribution in [3.05, 3.63) is 34.1 Å². The van der Waals surface area contributed by atoms with Crippen molar-refractivity contribution in [3.63, 3.8) is 0 Å². The average Bonchev–Trinajstić information content (AvgIpc) is 2.36. The number of rotatable bonds is 5. The van der Waals surface area contributed by atoms with E-state index in [1.165, 1.54) is 17.0 Å². The van der Waals surface area contributed by atoms with Crippen LogP contribution < -0.4 is 5.32 Å². The van der Waals surface area contributed by atoms with Gasteiger partial charge in [0.1, 0.15) is 5.82 Å². The van der Waals surface area contributed by atoms with Crippen molar-refractivity contribution in [2.75, 3.05) is 13.6 Å². The molecule has 1 unspecified atom stereocenters. The molecule has 0 bridgehead atoms. The van der Waals surface area contributed by atoms with Crippen LogP contribution in [0.15, 0.2) is 22.7 Å². The second kappa shape index (κ2) is 7.45. The topological polar surface area (TPSA) is 52.6 Å². The van der Waals surface area contributed by atoms with Gasteiger partial charge in [-0.1, -0.05) is 15.9 Å². The molecule has 0 aliphatic heterocycles. The van der Waals surface area contributed by atoms with E-state index in [0.29, 0.717) is 18.5 Å². The van der Waals surface area contributed by atoms with Crippen LogP contribution in [-0.4, -0.2) is 35.7 Å². The molecular formula is C13H18BrFN2O2. The van der Waals surface area contributed by atoms with Gasteiger partial charge in [-0.15, -0.1) is 0 Å². The van der Waals surface area contributed by atoms with Gasteiger partial charge in [0.05, 0.1) is 6.10 Å². The summed E-state index contributed by atoms with van der Waals surface area (Å²) in [4.78, 5) is 13.2. The van der Waals surface area contributed by atoms with Gasteiger partial charge in [0, 0.05) is 24.6 Å². The number of nitrogens with zero attached hydrogens (tertiary/aromatic N) is 1. The van der Waals surface area contributed by atoms with Gasteiger partial charge in [0.15, 0.2) is 0 Å². The summed E-state index contributed by atoms with van der Waals surface area (Å²) in [6, 6.07) is 4.08. The summed E-state index contributed by atoms with van der Waals surface area (Å²) in [5.74, 6) is -0.338. The molecule has 2 N–H and O–H groups in total. The van der Waals surface area contributed by atoms with E-state index in [4.69, 9.17) is 5.11 Å². The molecule has 4 nitrogen and oxygen atoms in total. The van der Waals surface area contributed by atoms with Crippen LogP contribution in [0.2, 0.25) is 0 Å². The molecule has 1 rings (SSSR count). The molecule has 1 aromatic rings. The van der Waals surface area contributed by atoms with E-state index in [9.17, 15) is 9.18 Å². The van der Waals surface area contributed by atoms with Crippen molar-refractivity contribution in [1.82, 2.24) is 10.2 Å². The van der Waals surface area contributed by atoms with Gasteiger partial charge in [0.2, 0.25) is 0 Å². The number of carbonyl (C=O) groups excluding carboxylic acids is 1. The zero-order valence-corrected chi connectivity index (χ0v) is 12.6. The second-order valence-corrected chi connectivity index (χ2v) is 5.31. The van der Waals surface area contributed by atoms with Gasteiger partial charge in [0.25, 0.3) is 0 Å². The third-order valence-corrected chi connectivity index (χ3v) is 3.44. The largest absolute Gasteiger partial charge is 0.393 e. The first-order chi connectivity index (χ1) is 8.90. The smallest absolute Gasteiger partial charge is 0.317 e. The summed E-state index contributed by atoms with van der Waals surface area (Å²) in [7, 11) is 1.65. The Labute approximate surface area is 120 Å². The first kappa shape index (κ1) is 15.9. The van der Waals surface area contributed by atoms with Crippen LogP contribution in [-0.2, 0) is 6.54 Å². The van der Waals surface area contributed by atoms with E-state index in [0.717, 1.165) is 4.47 Å². The summed E-state index contributed by atoms with van der Waals surface area (Å²) in [6.07, 6.45) is 0.0840. The number of nitrogens with one attached hydrogen (secondary N) is 1. The summed E-state index contributed by atoms with van der Waals surface area (Å²) in [5, 5.41) is 11.9. The average molecular weight is 333 g/mol. The number of urea groups is 1. The highest BCUT2D eigenvalue weighted by molar-refractivity contribution is 9.10. The highest BCUT2D eigenvalue weighted by Gasteiger charge is 2.10. The van der Waals surface area contributed by atoms with Crippen molar-refractivity contribution < 1.29 is 14.3 Å². The molecular weight excluding hydrogens is 315 g/mol. The third-order valence-electron chi connectivity index (χ3n) is 2.67. The van der Waals surface area contributed by atoms with Gasteiger partial charge in [-0.25, -0.2) is 9.18 Å². The van der Waals surface area contributed by atoms with Crippen molar-refractivity contribution in [2.24, 2.45) is 0 Å². The first-order valence-corrected chi connectivity index (χ1v) is 6.80. The molecule has 0 saturated carbocycles. The fourth-order valence-corrected chi connectivity index (χ4v) is 1.85. The summed E-state index contributed by atoms with van der Waals surface area (Å²) >= 11 is 3.30. The molecule has 19 heavy (non-hydrogen) atoms. The number of amides is 2. The Bertz CT molecular complexity index is 441. The minimum atomic E-state index is -0.437.